The highest BCUT2D eigenvalue weighted by Crippen LogP contribution is 2.27. The van der Waals surface area contributed by atoms with E-state index in [-0.39, 0.29) is 6.04 Å². The van der Waals surface area contributed by atoms with Gasteiger partial charge >= 0.3 is 0 Å². The quantitative estimate of drug-likeness (QED) is 0.806. The summed E-state index contributed by atoms with van der Waals surface area (Å²) in [6.45, 7) is 6.37. The molecule has 3 heteroatoms. The zero-order valence-electron chi connectivity index (χ0n) is 11.3. The summed E-state index contributed by atoms with van der Waals surface area (Å²) in [7, 11) is 0. The van der Waals surface area contributed by atoms with E-state index in [1.807, 2.05) is 24.3 Å². The molecule has 0 aliphatic heterocycles. The summed E-state index contributed by atoms with van der Waals surface area (Å²) in [5, 5.41) is 5.81. The van der Waals surface area contributed by atoms with E-state index in [0.29, 0.717) is 6.04 Å². The second-order valence-corrected chi connectivity index (χ2v) is 5.67. The van der Waals surface area contributed by atoms with Gasteiger partial charge in [-0.1, -0.05) is 19.4 Å². The molecule has 2 unspecified atom stereocenters. The lowest BCUT2D eigenvalue weighted by atomic mass is 10.1. The van der Waals surface area contributed by atoms with Gasteiger partial charge in [-0.2, -0.15) is 0 Å². The van der Waals surface area contributed by atoms with Gasteiger partial charge in [0.15, 0.2) is 0 Å². The summed E-state index contributed by atoms with van der Waals surface area (Å²) in [6, 6.07) is 9.08. The zero-order valence-corrected chi connectivity index (χ0v) is 12.1. The van der Waals surface area contributed by atoms with E-state index in [1.54, 1.807) is 0 Å². The number of furan rings is 1. The fraction of sp³-hybridized carbons (Fsp3) is 0.467. The number of thiophene rings is 1. The molecule has 0 aliphatic rings. The summed E-state index contributed by atoms with van der Waals surface area (Å²) in [6.07, 6.45) is 2.34. The molecule has 0 saturated heterocycles. The first kappa shape index (κ1) is 13.4. The molecule has 0 saturated carbocycles. The monoisotopic (exact) mass is 263 g/mol. The fourth-order valence-corrected chi connectivity index (χ4v) is 2.98. The van der Waals surface area contributed by atoms with Crippen molar-refractivity contribution in [3.8, 4) is 0 Å². The molecule has 0 fully saturated rings. The number of aryl methyl sites for hydroxylation is 1. The molecule has 0 amide bonds. The van der Waals surface area contributed by atoms with Crippen molar-refractivity contribution in [2.45, 2.75) is 45.7 Å². The summed E-state index contributed by atoms with van der Waals surface area (Å²) < 4.78 is 5.68. The van der Waals surface area contributed by atoms with Gasteiger partial charge < -0.3 is 4.42 Å². The number of hydrogen-bond donors (Lipinski definition) is 1. The minimum atomic E-state index is 0.248. The first-order valence-corrected chi connectivity index (χ1v) is 7.44. The van der Waals surface area contributed by atoms with E-state index in [4.69, 9.17) is 4.42 Å². The highest BCUT2D eigenvalue weighted by molar-refractivity contribution is 7.10. The Kier molecular flexibility index (Phi) is 4.61. The van der Waals surface area contributed by atoms with Crippen molar-refractivity contribution in [3.63, 3.8) is 0 Å². The van der Waals surface area contributed by atoms with Crippen LogP contribution in [0.5, 0.6) is 0 Å². The summed E-state index contributed by atoms with van der Waals surface area (Å²) in [5.41, 5.74) is 0. The maximum Gasteiger partial charge on any atom is 0.120 e. The van der Waals surface area contributed by atoms with Crippen molar-refractivity contribution in [1.82, 2.24) is 5.32 Å². The van der Waals surface area contributed by atoms with Crippen molar-refractivity contribution in [1.29, 1.82) is 0 Å². The Hall–Kier alpha value is -1.06. The second kappa shape index (κ2) is 6.21. The molecule has 2 aromatic heterocycles. The third-order valence-electron chi connectivity index (χ3n) is 3.10. The minimum Gasteiger partial charge on any atom is -0.465 e. The predicted octanol–water partition coefficient (Wildman–Crippen LogP) is 4.84. The Morgan fingerprint density at radius 1 is 1.33 bits per heavy atom. The molecular formula is C15H21NOS. The molecule has 0 bridgehead atoms. The number of hydrogen-bond acceptors (Lipinski definition) is 3. The van der Waals surface area contributed by atoms with Crippen LogP contribution in [0.3, 0.4) is 0 Å². The van der Waals surface area contributed by atoms with Crippen molar-refractivity contribution >= 4 is 11.3 Å². The smallest absolute Gasteiger partial charge is 0.120 e. The molecule has 0 spiro atoms. The second-order valence-electron chi connectivity index (χ2n) is 4.69. The molecule has 0 radical (unpaired) electrons. The van der Waals surface area contributed by atoms with E-state index >= 15 is 0 Å². The van der Waals surface area contributed by atoms with E-state index < -0.39 is 0 Å². The Morgan fingerprint density at radius 3 is 2.72 bits per heavy atom. The third kappa shape index (κ3) is 3.24. The fourth-order valence-electron chi connectivity index (χ4n) is 2.16. The van der Waals surface area contributed by atoms with Gasteiger partial charge in [0, 0.05) is 10.9 Å². The lowest BCUT2D eigenvalue weighted by Gasteiger charge is -2.21. The molecule has 2 rings (SSSR count). The summed E-state index contributed by atoms with van der Waals surface area (Å²) in [4.78, 5) is 1.41. The van der Waals surface area contributed by atoms with Crippen LogP contribution in [-0.2, 0) is 0 Å². The standard InChI is InChI=1S/C15H21NOS/c1-4-6-13(15-7-5-10-18-15)16-12(3)14-9-8-11(2)17-14/h5,7-10,12-13,16H,4,6H2,1-3H3. The summed E-state index contributed by atoms with van der Waals surface area (Å²) >= 11 is 1.82. The van der Waals surface area contributed by atoms with Crippen molar-refractivity contribution < 1.29 is 4.42 Å². The van der Waals surface area contributed by atoms with Gasteiger partial charge in [-0.15, -0.1) is 11.3 Å². The topological polar surface area (TPSA) is 25.2 Å². The van der Waals surface area contributed by atoms with Gasteiger partial charge in [0.1, 0.15) is 11.5 Å². The molecule has 2 aromatic rings. The Bertz CT molecular complexity index is 461. The van der Waals surface area contributed by atoms with Crippen LogP contribution in [0.4, 0.5) is 0 Å². The van der Waals surface area contributed by atoms with E-state index in [2.05, 4.69) is 42.7 Å². The van der Waals surface area contributed by atoms with Gasteiger partial charge in [0.25, 0.3) is 0 Å². The maximum atomic E-state index is 5.68. The first-order chi connectivity index (χ1) is 8.70. The molecular weight excluding hydrogens is 242 g/mol. The number of nitrogens with one attached hydrogen (secondary N) is 1. The average Bonchev–Trinajstić information content (AvgIpc) is 2.98. The molecule has 98 valence electrons. The molecule has 18 heavy (non-hydrogen) atoms. The van der Waals surface area contributed by atoms with Crippen LogP contribution in [0.25, 0.3) is 0 Å². The van der Waals surface area contributed by atoms with Crippen molar-refractivity contribution in [2.75, 3.05) is 0 Å². The average molecular weight is 263 g/mol. The van der Waals surface area contributed by atoms with Crippen LogP contribution < -0.4 is 5.32 Å². The van der Waals surface area contributed by atoms with Crippen LogP contribution >= 0.6 is 11.3 Å². The van der Waals surface area contributed by atoms with E-state index in [0.717, 1.165) is 17.9 Å². The molecule has 2 atom stereocenters. The summed E-state index contributed by atoms with van der Waals surface area (Å²) in [5.74, 6) is 1.99. The van der Waals surface area contributed by atoms with Crippen LogP contribution in [0, 0.1) is 6.92 Å². The van der Waals surface area contributed by atoms with Gasteiger partial charge in [-0.3, -0.25) is 5.32 Å². The predicted molar refractivity (Wildman–Crippen MR) is 77.0 cm³/mol. The zero-order chi connectivity index (χ0) is 13.0. The van der Waals surface area contributed by atoms with Crippen molar-refractivity contribution in [2.24, 2.45) is 0 Å². The highest BCUT2D eigenvalue weighted by atomic mass is 32.1. The molecule has 2 nitrogen and oxygen atoms in total. The van der Waals surface area contributed by atoms with Crippen molar-refractivity contribution in [3.05, 3.63) is 46.0 Å². The first-order valence-electron chi connectivity index (χ1n) is 6.56. The van der Waals surface area contributed by atoms with Gasteiger partial charge in [0.05, 0.1) is 6.04 Å². The van der Waals surface area contributed by atoms with E-state index in [9.17, 15) is 0 Å². The van der Waals surface area contributed by atoms with Crippen LogP contribution in [0.1, 0.15) is 55.2 Å². The highest BCUT2D eigenvalue weighted by Gasteiger charge is 2.17. The molecule has 1 N–H and O–H groups in total. The number of rotatable bonds is 6. The van der Waals surface area contributed by atoms with Gasteiger partial charge in [0.2, 0.25) is 0 Å². The normalized spacial score (nSPS) is 14.6. The Balaban J connectivity index is 2.05. The molecule has 0 aromatic carbocycles. The Morgan fingerprint density at radius 2 is 2.17 bits per heavy atom. The Labute approximate surface area is 113 Å². The van der Waals surface area contributed by atoms with E-state index in [1.165, 1.54) is 11.3 Å². The maximum absolute atomic E-state index is 5.68. The van der Waals surface area contributed by atoms with Gasteiger partial charge in [-0.05, 0) is 43.8 Å². The van der Waals surface area contributed by atoms with Crippen LogP contribution in [0.15, 0.2) is 34.1 Å². The van der Waals surface area contributed by atoms with Crippen LogP contribution in [-0.4, -0.2) is 0 Å². The molecule has 0 aliphatic carbocycles. The van der Waals surface area contributed by atoms with Crippen LogP contribution in [0.2, 0.25) is 0 Å². The SMILES string of the molecule is CCCC(NC(C)c1ccc(C)o1)c1cccs1. The largest absolute Gasteiger partial charge is 0.465 e. The lowest BCUT2D eigenvalue weighted by Crippen LogP contribution is -2.23. The third-order valence-corrected chi connectivity index (χ3v) is 4.09. The lowest BCUT2D eigenvalue weighted by molar-refractivity contribution is 0.374. The molecule has 2 heterocycles. The van der Waals surface area contributed by atoms with Gasteiger partial charge in [-0.25, -0.2) is 0 Å². The minimum absolute atomic E-state index is 0.248.